The highest BCUT2D eigenvalue weighted by molar-refractivity contribution is 5.98. The highest BCUT2D eigenvalue weighted by Gasteiger charge is 2.38. The second-order valence-corrected chi connectivity index (χ2v) is 8.79. The van der Waals surface area contributed by atoms with Gasteiger partial charge < -0.3 is 20.0 Å². The molecule has 2 aromatic rings. The fraction of sp³-hybridized carbons (Fsp3) is 0.500. The average Bonchev–Trinajstić information content (AvgIpc) is 2.82. The predicted molar refractivity (Wildman–Crippen MR) is 129 cm³/mol. The van der Waals surface area contributed by atoms with Crippen molar-refractivity contribution in [3.8, 4) is 0 Å². The van der Waals surface area contributed by atoms with E-state index >= 15 is 0 Å². The van der Waals surface area contributed by atoms with Crippen LogP contribution in [0.4, 0.5) is 26.3 Å². The Morgan fingerprint density at radius 2 is 1.41 bits per heavy atom. The van der Waals surface area contributed by atoms with Crippen molar-refractivity contribution in [2.24, 2.45) is 0 Å². The van der Waals surface area contributed by atoms with Gasteiger partial charge in [-0.2, -0.15) is 26.3 Å². The summed E-state index contributed by atoms with van der Waals surface area (Å²) in [6.45, 7) is 10.0. The Balaban J connectivity index is 0.000000449. The van der Waals surface area contributed by atoms with Crippen molar-refractivity contribution in [3.63, 3.8) is 0 Å². The van der Waals surface area contributed by atoms with Gasteiger partial charge in [0.2, 0.25) is 0 Å². The van der Waals surface area contributed by atoms with Crippen LogP contribution in [0.15, 0.2) is 24.3 Å². The van der Waals surface area contributed by atoms with Crippen LogP contribution in [0.3, 0.4) is 0 Å². The molecule has 0 bridgehead atoms. The average molecular weight is 569 g/mol. The number of benzene rings is 1. The third-order valence-electron chi connectivity index (χ3n) is 5.57. The fourth-order valence-electron chi connectivity index (χ4n) is 3.28. The van der Waals surface area contributed by atoms with Crippen LogP contribution in [0.1, 0.15) is 21.6 Å². The van der Waals surface area contributed by atoms with Gasteiger partial charge in [0.15, 0.2) is 0 Å². The first-order chi connectivity index (χ1) is 17.8. The van der Waals surface area contributed by atoms with Crippen LogP contribution in [0.25, 0.3) is 10.9 Å². The molecule has 0 unspecified atom stereocenters. The second kappa shape index (κ2) is 14.1. The number of hydrogen-bond donors (Lipinski definition) is 2. The van der Waals surface area contributed by atoms with Gasteiger partial charge in [-0.3, -0.25) is 14.7 Å². The summed E-state index contributed by atoms with van der Waals surface area (Å²) in [5.74, 6) is -5.46. The number of pyridine rings is 1. The monoisotopic (exact) mass is 568 g/mol. The van der Waals surface area contributed by atoms with Gasteiger partial charge in [-0.25, -0.2) is 9.59 Å². The van der Waals surface area contributed by atoms with Crippen LogP contribution in [0, 0.1) is 13.8 Å². The zero-order valence-electron chi connectivity index (χ0n) is 21.7. The minimum absolute atomic E-state index is 0.0579. The Morgan fingerprint density at radius 3 is 1.87 bits per heavy atom. The largest absolute Gasteiger partial charge is 0.490 e. The maximum absolute atomic E-state index is 12.9. The fourth-order valence-corrected chi connectivity index (χ4v) is 3.28. The molecule has 1 aliphatic heterocycles. The standard InChI is InChI=1S/C20H28N4O.2C2HF3O2/c1-15-5-6-19-17(13-15)14-18(16(2)21-19)20(25)23(4)9-12-24-10-7-22(3)8-11-24;2*3-2(4,5)1(6)7/h5-6,13-14H,7-12H2,1-4H3;2*(H,6,7). The summed E-state index contributed by atoms with van der Waals surface area (Å²) in [6.07, 6.45) is -10.2. The van der Waals surface area contributed by atoms with E-state index < -0.39 is 24.3 Å². The van der Waals surface area contributed by atoms with Crippen molar-refractivity contribution in [2.75, 3.05) is 53.4 Å². The molecular weight excluding hydrogens is 538 g/mol. The third kappa shape index (κ3) is 11.4. The third-order valence-corrected chi connectivity index (χ3v) is 5.57. The molecule has 1 aromatic heterocycles. The van der Waals surface area contributed by atoms with Crippen molar-refractivity contribution in [1.29, 1.82) is 0 Å². The number of aryl methyl sites for hydroxylation is 2. The number of alkyl halides is 6. The highest BCUT2D eigenvalue weighted by Crippen LogP contribution is 2.19. The number of aliphatic carboxylic acids is 2. The van der Waals surface area contributed by atoms with Gasteiger partial charge in [-0.1, -0.05) is 11.6 Å². The lowest BCUT2D eigenvalue weighted by Gasteiger charge is -2.33. The summed E-state index contributed by atoms with van der Waals surface area (Å²) in [4.78, 5) is 41.9. The summed E-state index contributed by atoms with van der Waals surface area (Å²) in [7, 11) is 4.04. The quantitative estimate of drug-likeness (QED) is 0.540. The Bertz CT molecular complexity index is 1120. The van der Waals surface area contributed by atoms with E-state index in [-0.39, 0.29) is 5.91 Å². The van der Waals surface area contributed by atoms with Crippen LogP contribution in [-0.2, 0) is 9.59 Å². The summed E-state index contributed by atoms with van der Waals surface area (Å²) < 4.78 is 63.5. The molecular formula is C24H30F6N4O5. The number of carboxylic acid groups (broad SMARTS) is 2. The summed E-state index contributed by atoms with van der Waals surface area (Å²) >= 11 is 0. The Kier molecular flexibility index (Phi) is 12.1. The lowest BCUT2D eigenvalue weighted by molar-refractivity contribution is -0.193. The number of carbonyl (C=O) groups is 3. The molecule has 1 fully saturated rings. The normalized spacial score (nSPS) is 14.5. The van der Waals surface area contributed by atoms with Crippen molar-refractivity contribution < 1.29 is 50.9 Å². The number of likely N-dealkylation sites (N-methyl/N-ethyl adjacent to an activating group) is 2. The molecule has 39 heavy (non-hydrogen) atoms. The first kappa shape index (κ1) is 33.6. The number of fused-ring (bicyclic) bond motifs is 1. The molecule has 1 amide bonds. The van der Waals surface area contributed by atoms with E-state index in [9.17, 15) is 31.1 Å². The Labute approximate surface area is 220 Å². The molecule has 218 valence electrons. The molecule has 9 nitrogen and oxygen atoms in total. The van der Waals surface area contributed by atoms with Crippen LogP contribution in [-0.4, -0.2) is 113 Å². The van der Waals surface area contributed by atoms with E-state index in [0.717, 1.165) is 55.9 Å². The van der Waals surface area contributed by atoms with Gasteiger partial charge in [-0.05, 0) is 39.1 Å². The Hall–Kier alpha value is -3.46. The maximum atomic E-state index is 12.9. The molecule has 0 aliphatic carbocycles. The molecule has 1 aromatic carbocycles. The molecule has 1 aliphatic rings. The number of hydrogen-bond acceptors (Lipinski definition) is 6. The molecule has 15 heteroatoms. The molecule has 2 N–H and O–H groups in total. The lowest BCUT2D eigenvalue weighted by atomic mass is 10.1. The number of aromatic nitrogens is 1. The number of amides is 1. The van der Waals surface area contributed by atoms with Crippen molar-refractivity contribution in [3.05, 3.63) is 41.1 Å². The molecule has 1 saturated heterocycles. The van der Waals surface area contributed by atoms with Gasteiger partial charge in [0.25, 0.3) is 5.91 Å². The van der Waals surface area contributed by atoms with Gasteiger partial charge in [0.1, 0.15) is 0 Å². The minimum atomic E-state index is -5.08. The van der Waals surface area contributed by atoms with Crippen molar-refractivity contribution in [1.82, 2.24) is 19.7 Å². The number of nitrogens with zero attached hydrogens (tertiary/aromatic N) is 4. The lowest BCUT2D eigenvalue weighted by Crippen LogP contribution is -2.47. The van der Waals surface area contributed by atoms with Crippen LogP contribution in [0.2, 0.25) is 0 Å². The second-order valence-electron chi connectivity index (χ2n) is 8.79. The molecule has 0 spiro atoms. The van der Waals surface area contributed by atoms with E-state index in [2.05, 4.69) is 40.9 Å². The zero-order chi connectivity index (χ0) is 30.1. The van der Waals surface area contributed by atoms with Crippen LogP contribution < -0.4 is 0 Å². The van der Waals surface area contributed by atoms with Gasteiger partial charge >= 0.3 is 24.3 Å². The topological polar surface area (TPSA) is 114 Å². The molecule has 0 atom stereocenters. The Morgan fingerprint density at radius 1 is 0.923 bits per heavy atom. The number of carbonyl (C=O) groups excluding carboxylic acids is 1. The van der Waals surface area contributed by atoms with E-state index in [0.29, 0.717) is 5.56 Å². The number of rotatable bonds is 4. The first-order valence-corrected chi connectivity index (χ1v) is 11.5. The highest BCUT2D eigenvalue weighted by atomic mass is 19.4. The van der Waals surface area contributed by atoms with Gasteiger partial charge in [-0.15, -0.1) is 0 Å². The van der Waals surface area contributed by atoms with Crippen LogP contribution >= 0.6 is 0 Å². The van der Waals surface area contributed by atoms with Gasteiger partial charge in [0, 0.05) is 51.7 Å². The zero-order valence-corrected chi connectivity index (χ0v) is 21.7. The van der Waals surface area contributed by atoms with E-state index in [1.54, 1.807) is 0 Å². The van der Waals surface area contributed by atoms with Crippen molar-refractivity contribution in [2.45, 2.75) is 26.2 Å². The molecule has 2 heterocycles. The minimum Gasteiger partial charge on any atom is -0.475 e. The van der Waals surface area contributed by atoms with Crippen molar-refractivity contribution >= 4 is 28.7 Å². The van der Waals surface area contributed by atoms with Crippen LogP contribution in [0.5, 0.6) is 0 Å². The smallest absolute Gasteiger partial charge is 0.475 e. The maximum Gasteiger partial charge on any atom is 0.490 e. The predicted octanol–water partition coefficient (Wildman–Crippen LogP) is 3.44. The number of piperazine rings is 1. The molecule has 0 radical (unpaired) electrons. The first-order valence-electron chi connectivity index (χ1n) is 11.5. The van der Waals surface area contributed by atoms with E-state index in [1.807, 2.05) is 31.0 Å². The van der Waals surface area contributed by atoms with E-state index in [4.69, 9.17) is 19.8 Å². The summed E-state index contributed by atoms with van der Waals surface area (Å²) in [5, 5.41) is 15.3. The molecule has 3 rings (SSSR count). The van der Waals surface area contributed by atoms with E-state index in [1.165, 1.54) is 5.56 Å². The SMILES string of the molecule is Cc1ccc2nc(C)c(C(=O)N(C)CCN3CCN(C)CC3)cc2c1.O=C(O)C(F)(F)F.O=C(O)C(F)(F)F. The summed E-state index contributed by atoms with van der Waals surface area (Å²) in [6, 6.07) is 8.14. The number of halogens is 6. The van der Waals surface area contributed by atoms with Gasteiger partial charge in [0.05, 0.1) is 16.8 Å². The number of carboxylic acids is 2. The summed E-state index contributed by atoms with van der Waals surface area (Å²) in [5.41, 5.74) is 3.63. The molecule has 0 saturated carbocycles.